The summed E-state index contributed by atoms with van der Waals surface area (Å²) >= 11 is 6.22. The number of para-hydroxylation sites is 1. The monoisotopic (exact) mass is 578 g/mol. The van der Waals surface area contributed by atoms with E-state index in [0.29, 0.717) is 22.5 Å². The second kappa shape index (κ2) is 10.7. The Labute approximate surface area is 229 Å². The molecule has 3 aromatic heterocycles. The highest BCUT2D eigenvalue weighted by molar-refractivity contribution is 6.32. The molecule has 4 heterocycles. The van der Waals surface area contributed by atoms with Gasteiger partial charge in [0.15, 0.2) is 22.9 Å². The summed E-state index contributed by atoms with van der Waals surface area (Å²) in [6, 6.07) is 7.08. The van der Waals surface area contributed by atoms with E-state index in [0.717, 1.165) is 0 Å². The van der Waals surface area contributed by atoms with E-state index in [1.54, 1.807) is 18.2 Å². The quantitative estimate of drug-likeness (QED) is 0.312. The smallest absolute Gasteiger partial charge is 0.418 e. The number of ether oxygens (including phenoxy) is 2. The zero-order valence-corrected chi connectivity index (χ0v) is 21.9. The topological polar surface area (TPSA) is 139 Å². The van der Waals surface area contributed by atoms with Crippen LogP contribution in [0.15, 0.2) is 35.1 Å². The third kappa shape index (κ3) is 5.24. The van der Waals surface area contributed by atoms with Crippen LogP contribution in [0.1, 0.15) is 16.1 Å². The van der Waals surface area contributed by atoms with Crippen molar-refractivity contribution in [3.63, 3.8) is 0 Å². The van der Waals surface area contributed by atoms with Crippen molar-refractivity contribution in [1.82, 2.24) is 29.9 Å². The normalized spacial score (nSPS) is 13.9. The summed E-state index contributed by atoms with van der Waals surface area (Å²) in [7, 11) is 2.92. The molecule has 0 spiro atoms. The highest BCUT2D eigenvalue weighted by Gasteiger charge is 2.38. The van der Waals surface area contributed by atoms with Gasteiger partial charge in [0, 0.05) is 26.2 Å². The van der Waals surface area contributed by atoms with Gasteiger partial charge in [-0.05, 0) is 18.2 Å². The molecule has 0 bridgehead atoms. The number of fused-ring (bicyclic) bond motifs is 1. The predicted octanol–water partition coefficient (Wildman–Crippen LogP) is 3.69. The number of aromatic amines is 1. The average molecular weight is 579 g/mol. The number of hydrogen-bond acceptors (Lipinski definition) is 9. The fourth-order valence-corrected chi connectivity index (χ4v) is 4.47. The van der Waals surface area contributed by atoms with E-state index in [9.17, 15) is 22.8 Å². The number of morpholine rings is 1. The molecule has 1 amide bonds. The molecule has 40 heavy (non-hydrogen) atoms. The number of halogens is 4. The number of aryl methyl sites for hydroxylation is 1. The van der Waals surface area contributed by atoms with Crippen molar-refractivity contribution in [2.45, 2.75) is 6.18 Å². The maximum Gasteiger partial charge on any atom is 0.418 e. The summed E-state index contributed by atoms with van der Waals surface area (Å²) in [4.78, 5) is 31.1. The van der Waals surface area contributed by atoms with E-state index in [1.165, 1.54) is 29.8 Å². The maximum atomic E-state index is 14.0. The van der Waals surface area contributed by atoms with Crippen molar-refractivity contribution in [3.05, 3.63) is 57.0 Å². The van der Waals surface area contributed by atoms with Gasteiger partial charge < -0.3 is 25.0 Å². The average Bonchev–Trinajstić information content (AvgIpc) is 3.21. The van der Waals surface area contributed by atoms with Crippen LogP contribution in [0.25, 0.3) is 11.0 Å². The number of H-pyrrole nitrogens is 1. The van der Waals surface area contributed by atoms with Gasteiger partial charge in [0.25, 0.3) is 11.5 Å². The van der Waals surface area contributed by atoms with Crippen LogP contribution in [0, 0.1) is 0 Å². The zero-order valence-electron chi connectivity index (χ0n) is 21.1. The molecule has 0 saturated carbocycles. The molecule has 16 heteroatoms. The van der Waals surface area contributed by atoms with Crippen molar-refractivity contribution in [1.29, 1.82) is 0 Å². The number of carbonyl (C=O) groups is 1. The van der Waals surface area contributed by atoms with Gasteiger partial charge in [-0.2, -0.15) is 13.2 Å². The number of methoxy groups -OCH3 is 1. The van der Waals surface area contributed by atoms with E-state index < -0.39 is 28.9 Å². The molecule has 1 aliphatic heterocycles. The minimum absolute atomic E-state index is 0.0347. The molecule has 0 unspecified atom stereocenters. The van der Waals surface area contributed by atoms with E-state index in [4.69, 9.17) is 21.1 Å². The third-order valence-electron chi connectivity index (χ3n) is 6.11. The molecule has 12 nitrogen and oxygen atoms in total. The van der Waals surface area contributed by atoms with Gasteiger partial charge in [-0.1, -0.05) is 17.7 Å². The third-order valence-corrected chi connectivity index (χ3v) is 6.41. The number of nitrogens with zero attached hydrogens (tertiary/aromatic N) is 5. The van der Waals surface area contributed by atoms with Gasteiger partial charge in [0.1, 0.15) is 11.2 Å². The van der Waals surface area contributed by atoms with Crippen molar-refractivity contribution >= 4 is 51.6 Å². The molecule has 3 N–H and O–H groups in total. The lowest BCUT2D eigenvalue weighted by molar-refractivity contribution is -0.138. The Morgan fingerprint density at radius 3 is 2.58 bits per heavy atom. The lowest BCUT2D eigenvalue weighted by atomic mass is 10.1. The first-order valence-electron chi connectivity index (χ1n) is 11.8. The fraction of sp³-hybridized carbons (Fsp3) is 0.292. The fourth-order valence-electron chi connectivity index (χ4n) is 4.22. The molecule has 1 aliphatic rings. The molecular weight excluding hydrogens is 557 g/mol. The molecule has 210 valence electrons. The summed E-state index contributed by atoms with van der Waals surface area (Å²) in [6.07, 6.45) is -4.89. The number of alkyl halides is 3. The largest absolute Gasteiger partial charge is 0.493 e. The molecule has 0 radical (unpaired) electrons. The van der Waals surface area contributed by atoms with Gasteiger partial charge >= 0.3 is 6.18 Å². The number of rotatable bonds is 6. The molecule has 0 atom stereocenters. The van der Waals surface area contributed by atoms with Crippen molar-refractivity contribution in [2.24, 2.45) is 7.05 Å². The molecule has 1 saturated heterocycles. The number of aromatic nitrogens is 5. The van der Waals surface area contributed by atoms with Gasteiger partial charge in [0.2, 0.25) is 0 Å². The summed E-state index contributed by atoms with van der Waals surface area (Å²) < 4.78 is 53.7. The first kappa shape index (κ1) is 27.2. The Balaban J connectivity index is 1.54. The van der Waals surface area contributed by atoms with Crippen molar-refractivity contribution in [2.75, 3.05) is 44.0 Å². The van der Waals surface area contributed by atoms with Crippen LogP contribution in [0.3, 0.4) is 0 Å². The van der Waals surface area contributed by atoms with Crippen LogP contribution in [0.2, 0.25) is 5.02 Å². The zero-order chi connectivity index (χ0) is 28.6. The first-order chi connectivity index (χ1) is 19.1. The van der Waals surface area contributed by atoms with E-state index >= 15 is 0 Å². The van der Waals surface area contributed by atoms with E-state index in [2.05, 4.69) is 30.9 Å². The number of benzene rings is 1. The summed E-state index contributed by atoms with van der Waals surface area (Å²) in [5.74, 6) is -0.856. The predicted molar refractivity (Wildman–Crippen MR) is 140 cm³/mol. The van der Waals surface area contributed by atoms with Gasteiger partial charge in [0.05, 0.1) is 42.3 Å². The van der Waals surface area contributed by atoms with Crippen LogP contribution < -0.4 is 20.9 Å². The number of anilines is 4. The Morgan fingerprint density at radius 1 is 1.12 bits per heavy atom. The second-order valence-corrected chi connectivity index (χ2v) is 9.13. The molecule has 1 fully saturated rings. The number of amides is 1. The van der Waals surface area contributed by atoms with Crippen LogP contribution in [-0.4, -0.2) is 69.2 Å². The lowest BCUT2D eigenvalue weighted by Gasteiger charge is -2.27. The first-order valence-corrected chi connectivity index (χ1v) is 12.2. The molecular formula is C24H22ClF3N8O4. The summed E-state index contributed by atoms with van der Waals surface area (Å²) in [5, 5.41) is 16.5. The second-order valence-electron chi connectivity index (χ2n) is 8.72. The summed E-state index contributed by atoms with van der Waals surface area (Å²) in [6.45, 7) is 0.717. The van der Waals surface area contributed by atoms with Crippen LogP contribution in [0.4, 0.5) is 36.2 Å². The minimum Gasteiger partial charge on any atom is -0.493 e. The van der Waals surface area contributed by atoms with Crippen molar-refractivity contribution in [3.8, 4) is 5.75 Å². The van der Waals surface area contributed by atoms with Crippen LogP contribution in [-0.2, 0) is 18.0 Å². The maximum absolute atomic E-state index is 14.0. The molecule has 0 aliphatic carbocycles. The SMILES string of the molecule is COc1c(Cl)cccc1Nc1cc(Nc2cc(C(F)(F)F)c(C(=O)N3CCOCC3)nn2)nc2[nH]n(C)c(=O)c12. The van der Waals surface area contributed by atoms with Gasteiger partial charge in [-0.3, -0.25) is 19.4 Å². The van der Waals surface area contributed by atoms with Crippen molar-refractivity contribution < 1.29 is 27.4 Å². The number of pyridine rings is 1. The standard InChI is InChI=1S/C24H22ClF3N8O4/c1-35-22(37)18-15(29-14-5-3-4-13(25)20(14)39-2)11-16(31-21(18)34-35)30-17-10-12(24(26,27)28)19(33-32-17)23(38)36-6-8-40-9-7-36/h3-5,10-11H,6-9H2,1-2H3,(H3,29,30,31,32,34). The van der Waals surface area contributed by atoms with Gasteiger partial charge in [-0.15, -0.1) is 10.2 Å². The van der Waals surface area contributed by atoms with E-state index in [1.807, 2.05) is 0 Å². The van der Waals surface area contributed by atoms with Gasteiger partial charge in [-0.25, -0.2) is 4.98 Å². The molecule has 5 rings (SSSR count). The summed E-state index contributed by atoms with van der Waals surface area (Å²) in [5.41, 5.74) is -1.63. The number of hydrogen-bond donors (Lipinski definition) is 3. The Kier molecular flexibility index (Phi) is 7.25. The Bertz CT molecular complexity index is 1650. The lowest BCUT2D eigenvalue weighted by Crippen LogP contribution is -2.41. The molecule has 1 aromatic carbocycles. The Morgan fingerprint density at radius 2 is 1.88 bits per heavy atom. The highest BCUT2D eigenvalue weighted by atomic mass is 35.5. The van der Waals surface area contributed by atoms with Crippen LogP contribution >= 0.6 is 11.6 Å². The van der Waals surface area contributed by atoms with Crippen LogP contribution in [0.5, 0.6) is 5.75 Å². The molecule has 4 aromatic rings. The highest BCUT2D eigenvalue weighted by Crippen LogP contribution is 2.37. The number of nitrogens with one attached hydrogen (secondary N) is 3. The number of carbonyl (C=O) groups excluding carboxylic acids is 1. The van der Waals surface area contributed by atoms with E-state index in [-0.39, 0.29) is 54.7 Å². The minimum atomic E-state index is -4.89. The Hall–Kier alpha value is -4.37.